The molecule has 2 aromatic rings. The van der Waals surface area contributed by atoms with Gasteiger partial charge in [-0.3, -0.25) is 13.9 Å². The average molecular weight is 418 g/mol. The Hall–Kier alpha value is -2.87. The molecule has 7 nitrogen and oxygen atoms in total. The molecule has 156 valence electrons. The van der Waals surface area contributed by atoms with Crippen molar-refractivity contribution in [2.24, 2.45) is 0 Å². The lowest BCUT2D eigenvalue weighted by Gasteiger charge is -2.31. The van der Waals surface area contributed by atoms with Gasteiger partial charge in [0.05, 0.1) is 11.9 Å². The Kier molecular flexibility index (Phi) is 7.39. The molecule has 0 spiro atoms. The molecule has 0 bridgehead atoms. The molecule has 0 aromatic heterocycles. The summed E-state index contributed by atoms with van der Waals surface area (Å²) in [7, 11) is -2.19. The number of likely N-dealkylation sites (N-methyl/N-ethyl adjacent to an activating group) is 1. The van der Waals surface area contributed by atoms with E-state index in [0.29, 0.717) is 5.69 Å². The fraction of sp³-hybridized carbons (Fsp3) is 0.333. The average Bonchev–Trinajstić information content (AvgIpc) is 2.69. The summed E-state index contributed by atoms with van der Waals surface area (Å²) in [5, 5.41) is 2.55. The van der Waals surface area contributed by atoms with Crippen molar-refractivity contribution in [1.82, 2.24) is 10.2 Å². The Balaban J connectivity index is 2.37. The zero-order valence-electron chi connectivity index (χ0n) is 17.1. The van der Waals surface area contributed by atoms with E-state index in [-0.39, 0.29) is 12.5 Å². The second-order valence-corrected chi connectivity index (χ2v) is 8.75. The number of nitrogens with one attached hydrogen (secondary N) is 1. The van der Waals surface area contributed by atoms with Gasteiger partial charge >= 0.3 is 0 Å². The molecular formula is C21H27N3O4S. The molecule has 1 atom stereocenters. The van der Waals surface area contributed by atoms with E-state index in [0.717, 1.165) is 21.7 Å². The minimum Gasteiger partial charge on any atom is -0.357 e. The SMILES string of the molecule is CNC(=O)[C@@H](C)N(Cc1ccccc1C)C(=O)CN(c1ccccc1)S(C)(=O)=O. The standard InChI is InChI=1S/C21H27N3O4S/c1-16-10-8-9-11-18(16)14-23(17(2)21(26)22-3)20(25)15-24(29(4,27)28)19-12-6-5-7-13-19/h5-13,17H,14-15H2,1-4H3,(H,22,26)/t17-/m1/s1. The molecule has 0 radical (unpaired) electrons. The van der Waals surface area contributed by atoms with E-state index in [1.165, 1.54) is 11.9 Å². The number of nitrogens with zero attached hydrogens (tertiary/aromatic N) is 2. The normalized spacial score (nSPS) is 12.1. The van der Waals surface area contributed by atoms with Crippen LogP contribution >= 0.6 is 0 Å². The molecule has 2 rings (SSSR count). The van der Waals surface area contributed by atoms with E-state index in [4.69, 9.17) is 0 Å². The second kappa shape index (κ2) is 9.56. The van der Waals surface area contributed by atoms with E-state index in [2.05, 4.69) is 5.32 Å². The van der Waals surface area contributed by atoms with Gasteiger partial charge in [0.1, 0.15) is 12.6 Å². The van der Waals surface area contributed by atoms with Crippen molar-refractivity contribution in [2.45, 2.75) is 26.4 Å². The van der Waals surface area contributed by atoms with Gasteiger partial charge in [-0.25, -0.2) is 8.42 Å². The summed E-state index contributed by atoms with van der Waals surface area (Å²) < 4.78 is 25.7. The Morgan fingerprint density at radius 3 is 2.17 bits per heavy atom. The Morgan fingerprint density at radius 1 is 1.03 bits per heavy atom. The Morgan fingerprint density at radius 2 is 1.62 bits per heavy atom. The molecule has 0 aliphatic rings. The van der Waals surface area contributed by atoms with Crippen LogP contribution < -0.4 is 9.62 Å². The second-order valence-electron chi connectivity index (χ2n) is 6.84. The summed E-state index contributed by atoms with van der Waals surface area (Å²) in [4.78, 5) is 26.8. The van der Waals surface area contributed by atoms with Gasteiger partial charge in [0, 0.05) is 13.6 Å². The van der Waals surface area contributed by atoms with Crippen LogP contribution in [0.1, 0.15) is 18.1 Å². The van der Waals surface area contributed by atoms with Crippen LogP contribution in [0.5, 0.6) is 0 Å². The van der Waals surface area contributed by atoms with Crippen molar-refractivity contribution < 1.29 is 18.0 Å². The molecule has 0 aliphatic carbocycles. The van der Waals surface area contributed by atoms with E-state index >= 15 is 0 Å². The van der Waals surface area contributed by atoms with Crippen LogP contribution in [0.2, 0.25) is 0 Å². The lowest BCUT2D eigenvalue weighted by molar-refractivity contribution is -0.139. The zero-order valence-corrected chi connectivity index (χ0v) is 17.9. The van der Waals surface area contributed by atoms with Crippen molar-refractivity contribution in [1.29, 1.82) is 0 Å². The van der Waals surface area contributed by atoms with Gasteiger partial charge in [0.15, 0.2) is 0 Å². The van der Waals surface area contributed by atoms with Gasteiger partial charge in [-0.15, -0.1) is 0 Å². The molecule has 0 aliphatic heterocycles. The van der Waals surface area contributed by atoms with Crippen LogP contribution in [-0.4, -0.2) is 51.0 Å². The van der Waals surface area contributed by atoms with E-state index in [1.54, 1.807) is 37.3 Å². The number of benzene rings is 2. The molecule has 29 heavy (non-hydrogen) atoms. The number of para-hydroxylation sites is 1. The van der Waals surface area contributed by atoms with Crippen LogP contribution in [0.3, 0.4) is 0 Å². The lowest BCUT2D eigenvalue weighted by atomic mass is 10.1. The molecule has 0 fully saturated rings. The van der Waals surface area contributed by atoms with Crippen LogP contribution in [-0.2, 0) is 26.2 Å². The maximum absolute atomic E-state index is 13.2. The van der Waals surface area contributed by atoms with E-state index < -0.39 is 28.5 Å². The van der Waals surface area contributed by atoms with Gasteiger partial charge in [0.25, 0.3) is 0 Å². The van der Waals surface area contributed by atoms with Crippen molar-refractivity contribution >= 4 is 27.5 Å². The maximum atomic E-state index is 13.2. The number of hydrogen-bond acceptors (Lipinski definition) is 4. The number of carbonyl (C=O) groups is 2. The zero-order chi connectivity index (χ0) is 21.6. The minimum atomic E-state index is -3.69. The first-order chi connectivity index (χ1) is 13.6. The maximum Gasteiger partial charge on any atom is 0.244 e. The van der Waals surface area contributed by atoms with Gasteiger partial charge < -0.3 is 10.2 Å². The highest BCUT2D eigenvalue weighted by atomic mass is 32.2. The molecule has 0 unspecified atom stereocenters. The van der Waals surface area contributed by atoms with E-state index in [1.807, 2.05) is 31.2 Å². The number of anilines is 1. The molecule has 0 saturated carbocycles. The molecule has 0 heterocycles. The number of carbonyl (C=O) groups excluding carboxylic acids is 2. The fourth-order valence-corrected chi connectivity index (χ4v) is 3.82. The van der Waals surface area contributed by atoms with Crippen molar-refractivity contribution in [3.8, 4) is 0 Å². The van der Waals surface area contributed by atoms with Gasteiger partial charge in [0.2, 0.25) is 21.8 Å². The van der Waals surface area contributed by atoms with Crippen molar-refractivity contribution in [2.75, 3.05) is 24.2 Å². The summed E-state index contributed by atoms with van der Waals surface area (Å²) in [6.45, 7) is 3.36. The third-order valence-electron chi connectivity index (χ3n) is 4.74. The largest absolute Gasteiger partial charge is 0.357 e. The third-order valence-corrected chi connectivity index (χ3v) is 5.88. The van der Waals surface area contributed by atoms with Crippen LogP contribution in [0.25, 0.3) is 0 Å². The topological polar surface area (TPSA) is 86.8 Å². The predicted molar refractivity (Wildman–Crippen MR) is 114 cm³/mol. The summed E-state index contributed by atoms with van der Waals surface area (Å²) >= 11 is 0. The molecule has 1 N–H and O–H groups in total. The number of rotatable bonds is 8. The monoisotopic (exact) mass is 417 g/mol. The Bertz CT molecular complexity index is 961. The van der Waals surface area contributed by atoms with Crippen molar-refractivity contribution in [3.63, 3.8) is 0 Å². The molecule has 0 saturated heterocycles. The summed E-state index contributed by atoms with van der Waals surface area (Å²) in [5.41, 5.74) is 2.27. The highest BCUT2D eigenvalue weighted by Crippen LogP contribution is 2.19. The van der Waals surface area contributed by atoms with Crippen LogP contribution in [0, 0.1) is 6.92 Å². The highest BCUT2D eigenvalue weighted by Gasteiger charge is 2.29. The van der Waals surface area contributed by atoms with Crippen LogP contribution in [0.4, 0.5) is 5.69 Å². The first kappa shape index (κ1) is 22.4. The summed E-state index contributed by atoms with van der Waals surface area (Å²) in [6, 6.07) is 15.2. The molecule has 2 aromatic carbocycles. The first-order valence-corrected chi connectivity index (χ1v) is 11.1. The summed E-state index contributed by atoms with van der Waals surface area (Å²) in [5.74, 6) is -0.781. The fourth-order valence-electron chi connectivity index (χ4n) is 2.97. The molecule has 8 heteroatoms. The van der Waals surface area contributed by atoms with Gasteiger partial charge in [-0.05, 0) is 37.1 Å². The van der Waals surface area contributed by atoms with Crippen LogP contribution in [0.15, 0.2) is 54.6 Å². The Labute approximate surface area is 172 Å². The number of amides is 2. The van der Waals surface area contributed by atoms with Gasteiger partial charge in [-0.2, -0.15) is 0 Å². The number of sulfonamides is 1. The number of aryl methyl sites for hydroxylation is 1. The van der Waals surface area contributed by atoms with Gasteiger partial charge in [-0.1, -0.05) is 42.5 Å². The predicted octanol–water partition coefficient (Wildman–Crippen LogP) is 1.92. The highest BCUT2D eigenvalue weighted by molar-refractivity contribution is 7.92. The quantitative estimate of drug-likeness (QED) is 0.711. The van der Waals surface area contributed by atoms with E-state index in [9.17, 15) is 18.0 Å². The third kappa shape index (κ3) is 5.80. The smallest absolute Gasteiger partial charge is 0.244 e. The molecule has 2 amide bonds. The first-order valence-electron chi connectivity index (χ1n) is 9.23. The lowest BCUT2D eigenvalue weighted by Crippen LogP contribution is -2.50. The minimum absolute atomic E-state index is 0.201. The van der Waals surface area contributed by atoms with Crippen molar-refractivity contribution in [3.05, 3.63) is 65.7 Å². The molecular weight excluding hydrogens is 390 g/mol. The number of hydrogen-bond donors (Lipinski definition) is 1. The summed E-state index contributed by atoms with van der Waals surface area (Å²) in [6.07, 6.45) is 1.06.